The Kier molecular flexibility index (Phi) is 3.81. The summed E-state index contributed by atoms with van der Waals surface area (Å²) in [5.74, 6) is 0.858. The second kappa shape index (κ2) is 6.78. The zero-order valence-corrected chi connectivity index (χ0v) is 16.2. The first-order valence-electron chi connectivity index (χ1n) is 10.0. The number of hydrogen-bond acceptors (Lipinski definition) is 3. The Hall–Kier alpha value is -4.05. The molecule has 0 radical (unpaired) electrons. The zero-order chi connectivity index (χ0) is 19.9. The Morgan fingerprint density at radius 2 is 1.17 bits per heavy atom. The minimum absolute atomic E-state index is 0.634. The van der Waals surface area contributed by atoms with Gasteiger partial charge in [0.2, 0.25) is 0 Å². The predicted molar refractivity (Wildman–Crippen MR) is 121 cm³/mol. The van der Waals surface area contributed by atoms with E-state index < -0.39 is 0 Å². The van der Waals surface area contributed by atoms with E-state index in [1.807, 2.05) is 54.6 Å². The molecule has 3 heterocycles. The van der Waals surface area contributed by atoms with Gasteiger partial charge in [-0.1, -0.05) is 60.7 Å². The molecule has 3 aromatic carbocycles. The number of pyridine rings is 2. The summed E-state index contributed by atoms with van der Waals surface area (Å²) >= 11 is 0. The lowest BCUT2D eigenvalue weighted by atomic mass is 10.2. The molecule has 3 aromatic heterocycles. The van der Waals surface area contributed by atoms with Crippen LogP contribution < -0.4 is 0 Å². The van der Waals surface area contributed by atoms with E-state index in [0.29, 0.717) is 6.54 Å². The molecule has 0 fully saturated rings. The summed E-state index contributed by atoms with van der Waals surface area (Å²) < 4.78 is 2.21. The quantitative estimate of drug-likeness (QED) is 0.383. The average Bonchev–Trinajstić information content (AvgIpc) is 3.17. The van der Waals surface area contributed by atoms with Crippen LogP contribution in [0.1, 0.15) is 5.69 Å². The first kappa shape index (κ1) is 16.9. The summed E-state index contributed by atoms with van der Waals surface area (Å²) in [7, 11) is 0. The molecule has 0 aliphatic heterocycles. The van der Waals surface area contributed by atoms with E-state index >= 15 is 0 Å². The molecule has 6 aromatic rings. The van der Waals surface area contributed by atoms with Crippen LogP contribution in [0.15, 0.2) is 97.1 Å². The van der Waals surface area contributed by atoms with Crippen LogP contribution in [-0.2, 0) is 6.54 Å². The predicted octanol–water partition coefficient (Wildman–Crippen LogP) is 5.85. The van der Waals surface area contributed by atoms with Gasteiger partial charge in [0.1, 0.15) is 5.69 Å². The summed E-state index contributed by atoms with van der Waals surface area (Å²) in [6.45, 7) is 0.634. The van der Waals surface area contributed by atoms with Crippen LogP contribution in [0, 0.1) is 0 Å². The van der Waals surface area contributed by atoms with Gasteiger partial charge in [-0.2, -0.15) is 0 Å². The SMILES string of the molecule is c1ccc2nc(Cn3c(-c4ccc5ccccc5n4)nc4ccccc43)ccc2c1. The number of para-hydroxylation sites is 4. The van der Waals surface area contributed by atoms with Gasteiger partial charge in [0.25, 0.3) is 0 Å². The number of hydrogen-bond donors (Lipinski definition) is 0. The molecule has 142 valence electrons. The lowest BCUT2D eigenvalue weighted by Gasteiger charge is -2.10. The first-order valence-corrected chi connectivity index (χ1v) is 10.0. The molecule has 0 saturated carbocycles. The number of rotatable bonds is 3. The minimum Gasteiger partial charge on any atom is -0.317 e. The number of aromatic nitrogens is 4. The molecule has 6 rings (SSSR count). The number of nitrogens with zero attached hydrogens (tertiary/aromatic N) is 4. The van der Waals surface area contributed by atoms with E-state index in [9.17, 15) is 0 Å². The van der Waals surface area contributed by atoms with Gasteiger partial charge in [-0.05, 0) is 36.4 Å². The molecular formula is C26H18N4. The van der Waals surface area contributed by atoms with E-state index in [4.69, 9.17) is 15.0 Å². The van der Waals surface area contributed by atoms with Crippen LogP contribution in [0.3, 0.4) is 0 Å². The number of imidazole rings is 1. The third-order valence-corrected chi connectivity index (χ3v) is 5.46. The Bertz CT molecular complexity index is 1530. The van der Waals surface area contributed by atoms with Crippen molar-refractivity contribution in [2.24, 2.45) is 0 Å². The molecule has 0 spiro atoms. The van der Waals surface area contributed by atoms with Gasteiger partial charge in [-0.25, -0.2) is 9.97 Å². The highest BCUT2D eigenvalue weighted by Crippen LogP contribution is 2.26. The fraction of sp³-hybridized carbons (Fsp3) is 0.0385. The highest BCUT2D eigenvalue weighted by molar-refractivity contribution is 5.84. The summed E-state index contributed by atoms with van der Waals surface area (Å²) in [6, 6.07) is 33.0. The van der Waals surface area contributed by atoms with Gasteiger partial charge in [-0.3, -0.25) is 4.98 Å². The fourth-order valence-electron chi connectivity index (χ4n) is 3.98. The van der Waals surface area contributed by atoms with Crippen molar-refractivity contribution in [3.05, 3.63) is 103 Å². The van der Waals surface area contributed by atoms with Crippen molar-refractivity contribution >= 4 is 32.8 Å². The van der Waals surface area contributed by atoms with Crippen molar-refractivity contribution in [1.82, 2.24) is 19.5 Å². The molecule has 0 unspecified atom stereocenters. The smallest absolute Gasteiger partial charge is 0.160 e. The maximum absolute atomic E-state index is 4.92. The maximum Gasteiger partial charge on any atom is 0.160 e. The molecule has 0 aliphatic carbocycles. The Morgan fingerprint density at radius 3 is 1.97 bits per heavy atom. The Labute approximate surface area is 173 Å². The highest BCUT2D eigenvalue weighted by Gasteiger charge is 2.15. The van der Waals surface area contributed by atoms with E-state index in [1.165, 1.54) is 0 Å². The Morgan fingerprint density at radius 1 is 0.533 bits per heavy atom. The summed E-state index contributed by atoms with van der Waals surface area (Å²) in [5, 5.41) is 2.27. The molecule has 4 heteroatoms. The van der Waals surface area contributed by atoms with Crippen molar-refractivity contribution < 1.29 is 0 Å². The van der Waals surface area contributed by atoms with Crippen molar-refractivity contribution in [3.8, 4) is 11.5 Å². The molecule has 0 aliphatic rings. The standard InChI is InChI=1S/C26H18N4/c1-3-9-21-18(7-1)13-15-20(27-21)17-30-25-12-6-5-11-23(25)29-26(30)24-16-14-19-8-2-4-10-22(19)28-24/h1-16H,17H2. The largest absolute Gasteiger partial charge is 0.317 e. The molecule has 0 saturated heterocycles. The van der Waals surface area contributed by atoms with Gasteiger partial charge in [0, 0.05) is 10.8 Å². The molecule has 0 atom stereocenters. The van der Waals surface area contributed by atoms with E-state index in [2.05, 4.69) is 47.0 Å². The van der Waals surface area contributed by atoms with Crippen LogP contribution >= 0.6 is 0 Å². The van der Waals surface area contributed by atoms with Crippen molar-refractivity contribution in [1.29, 1.82) is 0 Å². The molecule has 0 N–H and O–H groups in total. The van der Waals surface area contributed by atoms with Gasteiger partial charge in [0.15, 0.2) is 5.82 Å². The maximum atomic E-state index is 4.92. The van der Waals surface area contributed by atoms with Gasteiger partial charge < -0.3 is 4.57 Å². The molecule has 30 heavy (non-hydrogen) atoms. The molecule has 0 amide bonds. The van der Waals surface area contributed by atoms with Gasteiger partial charge >= 0.3 is 0 Å². The van der Waals surface area contributed by atoms with E-state index in [0.717, 1.165) is 50.1 Å². The second-order valence-electron chi connectivity index (χ2n) is 7.39. The van der Waals surface area contributed by atoms with Crippen LogP contribution in [0.2, 0.25) is 0 Å². The normalized spacial score (nSPS) is 11.5. The third kappa shape index (κ3) is 2.81. The molecule has 4 nitrogen and oxygen atoms in total. The monoisotopic (exact) mass is 386 g/mol. The lowest BCUT2D eigenvalue weighted by molar-refractivity contribution is 0.808. The van der Waals surface area contributed by atoms with E-state index in [-0.39, 0.29) is 0 Å². The van der Waals surface area contributed by atoms with Crippen molar-refractivity contribution in [2.75, 3.05) is 0 Å². The summed E-state index contributed by atoms with van der Waals surface area (Å²) in [4.78, 5) is 14.7. The topological polar surface area (TPSA) is 43.6 Å². The van der Waals surface area contributed by atoms with Crippen molar-refractivity contribution in [2.45, 2.75) is 6.54 Å². The average molecular weight is 386 g/mol. The summed E-state index contributed by atoms with van der Waals surface area (Å²) in [6.07, 6.45) is 0. The van der Waals surface area contributed by atoms with Gasteiger partial charge in [0.05, 0.1) is 34.3 Å². The lowest BCUT2D eigenvalue weighted by Crippen LogP contribution is -2.05. The molecule has 0 bridgehead atoms. The van der Waals surface area contributed by atoms with Crippen molar-refractivity contribution in [3.63, 3.8) is 0 Å². The fourth-order valence-corrected chi connectivity index (χ4v) is 3.98. The number of benzene rings is 3. The van der Waals surface area contributed by atoms with Crippen LogP contribution in [0.4, 0.5) is 0 Å². The number of fused-ring (bicyclic) bond motifs is 3. The van der Waals surface area contributed by atoms with Gasteiger partial charge in [-0.15, -0.1) is 0 Å². The second-order valence-corrected chi connectivity index (χ2v) is 7.39. The molecular weight excluding hydrogens is 368 g/mol. The van der Waals surface area contributed by atoms with Crippen LogP contribution in [-0.4, -0.2) is 19.5 Å². The Balaban J connectivity index is 1.52. The van der Waals surface area contributed by atoms with Crippen LogP contribution in [0.5, 0.6) is 0 Å². The minimum atomic E-state index is 0.634. The zero-order valence-electron chi connectivity index (χ0n) is 16.2. The van der Waals surface area contributed by atoms with E-state index in [1.54, 1.807) is 0 Å². The third-order valence-electron chi connectivity index (χ3n) is 5.46. The van der Waals surface area contributed by atoms with Crippen LogP contribution in [0.25, 0.3) is 44.4 Å². The first-order chi connectivity index (χ1) is 14.8. The summed E-state index contributed by atoms with van der Waals surface area (Å²) in [5.41, 5.74) is 5.88. The highest BCUT2D eigenvalue weighted by atomic mass is 15.1.